The highest BCUT2D eigenvalue weighted by molar-refractivity contribution is 4.99. The highest BCUT2D eigenvalue weighted by Crippen LogP contribution is 2.44. The molecule has 6 heteroatoms. The molecule has 2 rings (SSSR count). The summed E-state index contributed by atoms with van der Waals surface area (Å²) < 4.78 is 25.0. The zero-order chi connectivity index (χ0) is 30.8. The number of aliphatic hydroxyl groups is 1. The van der Waals surface area contributed by atoms with E-state index in [1.54, 1.807) is 7.11 Å². The van der Waals surface area contributed by atoms with Gasteiger partial charge in [0.25, 0.3) is 0 Å². The van der Waals surface area contributed by atoms with Crippen molar-refractivity contribution < 1.29 is 24.1 Å². The second-order valence-electron chi connectivity index (χ2n) is 17.6. The Hall–Kier alpha value is -0.240. The minimum atomic E-state index is -0.681. The predicted molar refractivity (Wildman–Crippen MR) is 166 cm³/mol. The molecule has 2 aliphatic rings. The Bertz CT molecular complexity index is 788. The Kier molecular flexibility index (Phi) is 11.5. The van der Waals surface area contributed by atoms with Gasteiger partial charge < -0.3 is 29.0 Å². The maximum atomic E-state index is 10.9. The SMILES string of the molecule is COC1CC(O)(CC(C)(C)OC(C)(C)CC(C)(C)CCC(C)(C)OC(C)(C)CC(C)(C)CCOC2CN(C)C2)C1. The van der Waals surface area contributed by atoms with Crippen molar-refractivity contribution in [2.75, 3.05) is 33.9 Å². The van der Waals surface area contributed by atoms with Crippen LogP contribution in [0.15, 0.2) is 0 Å². The molecule has 0 aromatic carbocycles. The molecule has 0 spiro atoms. The van der Waals surface area contributed by atoms with Crippen molar-refractivity contribution in [3.8, 4) is 0 Å². The van der Waals surface area contributed by atoms with Crippen molar-refractivity contribution in [2.24, 2.45) is 10.8 Å². The standard InChI is InChI=1S/C34H67NO5/c1-28(2,23-32(9,10)40-33(11,12)25-34(36)19-26(20-34)37-14)15-16-30(5,6)39-31(7,8)24-29(3,4)17-18-38-27-21-35(13)22-27/h26-27,36H,15-25H2,1-14H3. The van der Waals surface area contributed by atoms with Gasteiger partial charge >= 0.3 is 0 Å². The Morgan fingerprint density at radius 3 is 1.62 bits per heavy atom. The van der Waals surface area contributed by atoms with Crippen LogP contribution in [0.3, 0.4) is 0 Å². The van der Waals surface area contributed by atoms with E-state index < -0.39 is 11.2 Å². The molecule has 238 valence electrons. The van der Waals surface area contributed by atoms with Crippen LogP contribution in [0.2, 0.25) is 0 Å². The molecule has 0 bridgehead atoms. The van der Waals surface area contributed by atoms with Crippen LogP contribution in [-0.2, 0) is 18.9 Å². The molecule has 0 radical (unpaired) electrons. The molecule has 0 amide bonds. The van der Waals surface area contributed by atoms with E-state index in [1.165, 1.54) is 0 Å². The topological polar surface area (TPSA) is 60.4 Å². The van der Waals surface area contributed by atoms with Gasteiger partial charge in [0.15, 0.2) is 0 Å². The molecule has 1 saturated carbocycles. The van der Waals surface area contributed by atoms with Gasteiger partial charge in [0.1, 0.15) is 0 Å². The maximum absolute atomic E-state index is 10.9. The second-order valence-corrected chi connectivity index (χ2v) is 17.6. The minimum absolute atomic E-state index is 0.0884. The van der Waals surface area contributed by atoms with E-state index >= 15 is 0 Å². The molecule has 0 aromatic rings. The summed E-state index contributed by atoms with van der Waals surface area (Å²) in [5, 5.41) is 10.9. The Balaban J connectivity index is 1.82. The molecule has 1 heterocycles. The number of hydrogen-bond donors (Lipinski definition) is 1. The smallest absolute Gasteiger partial charge is 0.0828 e. The van der Waals surface area contributed by atoms with E-state index in [-0.39, 0.29) is 33.7 Å². The lowest BCUT2D eigenvalue weighted by Gasteiger charge is -2.49. The molecule has 1 saturated heterocycles. The second kappa shape index (κ2) is 12.8. The summed E-state index contributed by atoms with van der Waals surface area (Å²) in [5.41, 5.74) is -1.60. The molecule has 40 heavy (non-hydrogen) atoms. The van der Waals surface area contributed by atoms with Crippen molar-refractivity contribution in [3.63, 3.8) is 0 Å². The van der Waals surface area contributed by atoms with Crippen molar-refractivity contribution in [1.29, 1.82) is 0 Å². The van der Waals surface area contributed by atoms with Gasteiger partial charge in [0.2, 0.25) is 0 Å². The third kappa shape index (κ3) is 12.6. The molecule has 1 aliphatic heterocycles. The fraction of sp³-hybridized carbons (Fsp3) is 1.00. The fourth-order valence-corrected chi connectivity index (χ4v) is 7.92. The van der Waals surface area contributed by atoms with Crippen LogP contribution in [0.5, 0.6) is 0 Å². The molecule has 1 N–H and O–H groups in total. The molecule has 0 atom stereocenters. The summed E-state index contributed by atoms with van der Waals surface area (Å²) in [4.78, 5) is 2.30. The van der Waals surface area contributed by atoms with Crippen LogP contribution in [0, 0.1) is 10.8 Å². The van der Waals surface area contributed by atoms with Crippen molar-refractivity contribution >= 4 is 0 Å². The summed E-state index contributed by atoms with van der Waals surface area (Å²) in [6.45, 7) is 29.9. The largest absolute Gasteiger partial charge is 0.390 e. The lowest BCUT2D eigenvalue weighted by molar-refractivity contribution is -0.198. The normalized spacial score (nSPS) is 24.2. The molecule has 2 fully saturated rings. The van der Waals surface area contributed by atoms with Crippen molar-refractivity contribution in [2.45, 2.75) is 175 Å². The van der Waals surface area contributed by atoms with Gasteiger partial charge in [-0.25, -0.2) is 0 Å². The monoisotopic (exact) mass is 570 g/mol. The first-order valence-corrected chi connectivity index (χ1v) is 15.8. The van der Waals surface area contributed by atoms with E-state index in [1.807, 2.05) is 0 Å². The first-order valence-electron chi connectivity index (χ1n) is 15.8. The highest BCUT2D eigenvalue weighted by atomic mass is 16.5. The number of likely N-dealkylation sites (N-methyl/N-ethyl adjacent to an activating group) is 1. The molecular formula is C34H67NO5. The first-order chi connectivity index (χ1) is 17.9. The predicted octanol–water partition coefficient (Wildman–Crippen LogP) is 7.40. The summed E-state index contributed by atoms with van der Waals surface area (Å²) >= 11 is 0. The van der Waals surface area contributed by atoms with Crippen LogP contribution in [0.4, 0.5) is 0 Å². The molecule has 0 unspecified atom stereocenters. The van der Waals surface area contributed by atoms with Gasteiger partial charge in [-0.05, 0) is 105 Å². The van der Waals surface area contributed by atoms with Crippen molar-refractivity contribution in [3.05, 3.63) is 0 Å². The zero-order valence-corrected chi connectivity index (χ0v) is 29.0. The van der Waals surface area contributed by atoms with Gasteiger partial charge in [-0.3, -0.25) is 0 Å². The fourth-order valence-electron chi connectivity index (χ4n) is 7.92. The van der Waals surface area contributed by atoms with E-state index in [4.69, 9.17) is 18.9 Å². The van der Waals surface area contributed by atoms with Gasteiger partial charge in [-0.2, -0.15) is 0 Å². The van der Waals surface area contributed by atoms with Gasteiger partial charge in [-0.15, -0.1) is 0 Å². The molecular weight excluding hydrogens is 502 g/mol. The summed E-state index contributed by atoms with van der Waals surface area (Å²) in [5.74, 6) is 0. The Morgan fingerprint density at radius 1 is 0.675 bits per heavy atom. The van der Waals surface area contributed by atoms with Crippen molar-refractivity contribution in [1.82, 2.24) is 4.90 Å². The van der Waals surface area contributed by atoms with Crippen LogP contribution < -0.4 is 0 Å². The summed E-state index contributed by atoms with van der Waals surface area (Å²) in [6.07, 6.45) is 7.60. The first kappa shape index (κ1) is 36.0. The highest BCUT2D eigenvalue weighted by Gasteiger charge is 2.48. The number of rotatable bonds is 18. The molecule has 1 aliphatic carbocycles. The van der Waals surface area contributed by atoms with Crippen LogP contribution in [-0.4, -0.2) is 84.1 Å². The van der Waals surface area contributed by atoms with Crippen LogP contribution >= 0.6 is 0 Å². The summed E-state index contributed by atoms with van der Waals surface area (Å²) in [7, 11) is 3.86. The van der Waals surface area contributed by atoms with E-state index in [0.29, 0.717) is 25.4 Å². The maximum Gasteiger partial charge on any atom is 0.0828 e. The molecule has 0 aromatic heterocycles. The Morgan fingerprint density at radius 2 is 1.15 bits per heavy atom. The van der Waals surface area contributed by atoms with E-state index in [2.05, 4.69) is 95.0 Å². The summed E-state index contributed by atoms with van der Waals surface area (Å²) in [6, 6.07) is 0. The average Bonchev–Trinajstić information content (AvgIpc) is 2.65. The van der Waals surface area contributed by atoms with Crippen LogP contribution in [0.25, 0.3) is 0 Å². The third-order valence-electron chi connectivity index (χ3n) is 8.78. The number of likely N-dealkylation sites (tertiary alicyclic amines) is 1. The van der Waals surface area contributed by atoms with Gasteiger partial charge in [-0.1, -0.05) is 27.7 Å². The average molecular weight is 570 g/mol. The lowest BCUT2D eigenvalue weighted by atomic mass is 9.71. The quantitative estimate of drug-likeness (QED) is 0.186. The number of ether oxygens (including phenoxy) is 4. The minimum Gasteiger partial charge on any atom is -0.390 e. The van der Waals surface area contributed by atoms with E-state index in [0.717, 1.165) is 51.8 Å². The molecule has 6 nitrogen and oxygen atoms in total. The Labute approximate surface area is 248 Å². The number of methoxy groups -OCH3 is 1. The van der Waals surface area contributed by atoms with E-state index in [9.17, 15) is 5.11 Å². The van der Waals surface area contributed by atoms with Gasteiger partial charge in [0.05, 0.1) is 40.2 Å². The zero-order valence-electron chi connectivity index (χ0n) is 29.0. The number of hydrogen-bond acceptors (Lipinski definition) is 6. The number of nitrogens with zero attached hydrogens (tertiary/aromatic N) is 1. The third-order valence-corrected chi connectivity index (χ3v) is 8.78. The lowest BCUT2D eigenvalue weighted by Crippen LogP contribution is -2.53. The van der Waals surface area contributed by atoms with Gasteiger partial charge in [0, 0.05) is 46.1 Å². The van der Waals surface area contributed by atoms with Crippen LogP contribution in [0.1, 0.15) is 134 Å².